The molecule has 4 rings (SSSR count). The van der Waals surface area contributed by atoms with E-state index in [1.165, 1.54) is 0 Å². The average molecular weight is 650 g/mol. The quantitative estimate of drug-likeness (QED) is 0.0918. The van der Waals surface area contributed by atoms with Crippen molar-refractivity contribution in [1.29, 1.82) is 0 Å². The number of phenolic OH excluding ortho intramolecular Hbond substituents is 9. The first-order chi connectivity index (χ1) is 21.4. The molecule has 0 spiro atoms. The lowest BCUT2D eigenvalue weighted by molar-refractivity contribution is -0.337. The van der Waals surface area contributed by atoms with Gasteiger partial charge in [-0.15, -0.1) is 0 Å². The Kier molecular flexibility index (Phi) is 8.81. The minimum atomic E-state index is -2.57. The first-order valence-electron chi connectivity index (χ1n) is 12.8. The van der Waals surface area contributed by atoms with Gasteiger partial charge in [0.1, 0.15) is 18.8 Å². The molecule has 3 aromatic carbocycles. The fraction of sp³-hybridized carbons (Fsp3) is 0.250. The van der Waals surface area contributed by atoms with Gasteiger partial charge in [0.25, 0.3) is 0 Å². The summed E-state index contributed by atoms with van der Waals surface area (Å²) in [6, 6.07) is 4.21. The van der Waals surface area contributed by atoms with Crippen molar-refractivity contribution in [2.45, 2.75) is 37.1 Å². The fourth-order valence-electron chi connectivity index (χ4n) is 4.33. The molecule has 0 unspecified atom stereocenters. The van der Waals surface area contributed by atoms with Crippen molar-refractivity contribution >= 4 is 17.9 Å². The largest absolute Gasteiger partial charge is 0.504 e. The Morgan fingerprint density at radius 2 is 1.02 bits per heavy atom. The first kappa shape index (κ1) is 33.1. The maximum Gasteiger partial charge on any atom is 0.341 e. The smallest absolute Gasteiger partial charge is 0.341 e. The second-order valence-electron chi connectivity index (χ2n) is 10.1. The van der Waals surface area contributed by atoms with Gasteiger partial charge >= 0.3 is 17.9 Å². The number of benzene rings is 3. The van der Waals surface area contributed by atoms with Gasteiger partial charge in [-0.2, -0.15) is 0 Å². The SMILES string of the molecule is C[C@@]1(OC(=O)c2cc(O)c(O)c(O)c2)O[C@H](COC(=O)c2cc(O)c(O)c(O)c2)[C@@H](O)[C@H](OC(=O)c2cc(O)c(O)c(O)c2)[C@H]1O. The molecular formula is C28H26O18. The van der Waals surface area contributed by atoms with Crippen LogP contribution < -0.4 is 0 Å². The van der Waals surface area contributed by atoms with E-state index in [2.05, 4.69) is 0 Å². The van der Waals surface area contributed by atoms with Gasteiger partial charge in [0.2, 0.25) is 5.79 Å². The molecule has 246 valence electrons. The molecular weight excluding hydrogens is 624 g/mol. The molecule has 0 aliphatic carbocycles. The number of aromatic hydroxyl groups is 9. The summed E-state index contributed by atoms with van der Waals surface area (Å²) in [5.74, 6) is -15.0. The predicted octanol–water partition coefficient (Wildman–Crippen LogP) is 0.113. The van der Waals surface area contributed by atoms with Gasteiger partial charge in [-0.3, -0.25) is 0 Å². The number of ether oxygens (including phenoxy) is 4. The van der Waals surface area contributed by atoms with Crippen LogP contribution in [0.5, 0.6) is 51.7 Å². The Bertz CT molecular complexity index is 1630. The van der Waals surface area contributed by atoms with Crippen molar-refractivity contribution in [3.05, 3.63) is 53.1 Å². The summed E-state index contributed by atoms with van der Waals surface area (Å²) < 4.78 is 21.1. The van der Waals surface area contributed by atoms with Crippen molar-refractivity contribution in [2.24, 2.45) is 0 Å². The highest BCUT2D eigenvalue weighted by Crippen LogP contribution is 2.40. The van der Waals surface area contributed by atoms with Crippen LogP contribution in [0.2, 0.25) is 0 Å². The van der Waals surface area contributed by atoms with Gasteiger partial charge in [-0.25, -0.2) is 14.4 Å². The monoisotopic (exact) mass is 650 g/mol. The summed E-state index contributed by atoms with van der Waals surface area (Å²) in [6.07, 6.45) is -8.18. The summed E-state index contributed by atoms with van der Waals surface area (Å²) in [5.41, 5.74) is -1.63. The molecule has 1 aliphatic heterocycles. The highest BCUT2D eigenvalue weighted by molar-refractivity contribution is 5.92. The summed E-state index contributed by atoms with van der Waals surface area (Å²) in [6.45, 7) is 0.00335. The van der Waals surface area contributed by atoms with Crippen molar-refractivity contribution in [2.75, 3.05) is 6.61 Å². The van der Waals surface area contributed by atoms with Crippen LogP contribution >= 0.6 is 0 Å². The lowest BCUT2D eigenvalue weighted by atomic mass is 9.93. The molecule has 5 atom stereocenters. The van der Waals surface area contributed by atoms with Crippen LogP contribution in [-0.2, 0) is 18.9 Å². The standard InChI is InChI=1S/C28H26O18/c1-28(46-27(42)11-6-16(33)21(37)17(34)7-11)24(39)23(44-26(41)10-4-14(31)20(36)15(32)5-10)22(38)18(45-28)8-43-25(40)9-2-12(29)19(35)13(30)3-9/h2-7,18,22-24,29-39H,8H2,1H3/t18-,22-,23+,24-,28+/m1/s1. The summed E-state index contributed by atoms with van der Waals surface area (Å²) >= 11 is 0. The van der Waals surface area contributed by atoms with E-state index < -0.39 is 123 Å². The van der Waals surface area contributed by atoms with Gasteiger partial charge in [0.15, 0.2) is 64.0 Å². The number of carbonyl (C=O) groups is 3. The molecule has 0 bridgehead atoms. The Labute approximate surface area is 256 Å². The zero-order valence-corrected chi connectivity index (χ0v) is 23.3. The minimum Gasteiger partial charge on any atom is -0.504 e. The Morgan fingerprint density at radius 1 is 0.652 bits per heavy atom. The van der Waals surface area contributed by atoms with E-state index in [9.17, 15) is 70.6 Å². The van der Waals surface area contributed by atoms with E-state index in [1.54, 1.807) is 0 Å². The van der Waals surface area contributed by atoms with Crippen molar-refractivity contribution in [3.63, 3.8) is 0 Å². The Morgan fingerprint density at radius 3 is 1.43 bits per heavy atom. The second-order valence-corrected chi connectivity index (χ2v) is 10.1. The molecule has 1 aliphatic rings. The van der Waals surface area contributed by atoms with Crippen LogP contribution in [0.3, 0.4) is 0 Å². The Balaban J connectivity index is 1.64. The number of esters is 3. The van der Waals surface area contributed by atoms with Crippen LogP contribution in [-0.4, -0.2) is 111 Å². The van der Waals surface area contributed by atoms with E-state index in [1.807, 2.05) is 0 Å². The molecule has 0 amide bonds. The zero-order chi connectivity index (χ0) is 34.2. The van der Waals surface area contributed by atoms with Crippen molar-refractivity contribution in [3.8, 4) is 51.7 Å². The van der Waals surface area contributed by atoms with E-state index in [0.717, 1.165) is 19.1 Å². The average Bonchev–Trinajstić information content (AvgIpc) is 2.99. The third-order valence-electron chi connectivity index (χ3n) is 6.78. The molecule has 3 aromatic rings. The van der Waals surface area contributed by atoms with Crippen LogP contribution in [0.4, 0.5) is 0 Å². The highest BCUT2D eigenvalue weighted by Gasteiger charge is 2.56. The third kappa shape index (κ3) is 6.34. The first-order valence-corrected chi connectivity index (χ1v) is 12.8. The van der Waals surface area contributed by atoms with Gasteiger partial charge in [0, 0.05) is 6.92 Å². The molecule has 11 N–H and O–H groups in total. The van der Waals surface area contributed by atoms with E-state index in [4.69, 9.17) is 18.9 Å². The van der Waals surface area contributed by atoms with Crippen LogP contribution in [0, 0.1) is 0 Å². The fourth-order valence-corrected chi connectivity index (χ4v) is 4.33. The number of hydrogen-bond acceptors (Lipinski definition) is 18. The van der Waals surface area contributed by atoms with E-state index in [0.29, 0.717) is 24.3 Å². The maximum atomic E-state index is 12.9. The number of aliphatic hydroxyl groups is 2. The maximum absolute atomic E-state index is 12.9. The van der Waals surface area contributed by atoms with Crippen LogP contribution in [0.15, 0.2) is 36.4 Å². The number of phenols is 9. The van der Waals surface area contributed by atoms with Gasteiger partial charge in [-0.05, 0) is 36.4 Å². The van der Waals surface area contributed by atoms with Gasteiger partial charge < -0.3 is 75.1 Å². The number of aliphatic hydroxyl groups excluding tert-OH is 2. The predicted molar refractivity (Wildman–Crippen MR) is 145 cm³/mol. The molecule has 1 fully saturated rings. The van der Waals surface area contributed by atoms with Crippen LogP contribution in [0.1, 0.15) is 38.0 Å². The lowest BCUT2D eigenvalue weighted by Crippen LogP contribution is -2.66. The summed E-state index contributed by atoms with van der Waals surface area (Å²) in [4.78, 5) is 38.5. The van der Waals surface area contributed by atoms with Crippen LogP contribution in [0.25, 0.3) is 0 Å². The summed E-state index contributed by atoms with van der Waals surface area (Å²) in [7, 11) is 0. The molecule has 0 saturated carbocycles. The molecule has 0 radical (unpaired) electrons. The molecule has 18 nitrogen and oxygen atoms in total. The number of carbonyl (C=O) groups excluding carboxylic acids is 3. The number of rotatable bonds is 7. The third-order valence-corrected chi connectivity index (χ3v) is 6.78. The summed E-state index contributed by atoms with van der Waals surface area (Å²) in [5, 5.41) is 109. The van der Waals surface area contributed by atoms with Crippen molar-refractivity contribution < 1.29 is 89.5 Å². The zero-order valence-electron chi connectivity index (χ0n) is 23.3. The normalized spacial score (nSPS) is 22.5. The lowest BCUT2D eigenvalue weighted by Gasteiger charge is -2.46. The van der Waals surface area contributed by atoms with E-state index >= 15 is 0 Å². The topological polar surface area (TPSA) is 311 Å². The van der Waals surface area contributed by atoms with E-state index in [-0.39, 0.29) is 0 Å². The van der Waals surface area contributed by atoms with Crippen molar-refractivity contribution in [1.82, 2.24) is 0 Å². The van der Waals surface area contributed by atoms with Gasteiger partial charge in [0.05, 0.1) is 16.7 Å². The minimum absolute atomic E-state index is 0.478. The number of hydrogen-bond donors (Lipinski definition) is 11. The highest BCUT2D eigenvalue weighted by atomic mass is 16.7. The Hall–Kier alpha value is -5.85. The molecule has 1 saturated heterocycles. The molecule has 18 heteroatoms. The second kappa shape index (κ2) is 12.3. The van der Waals surface area contributed by atoms with Gasteiger partial charge in [-0.1, -0.05) is 0 Å². The molecule has 0 aromatic heterocycles. The molecule has 1 heterocycles. The molecule has 46 heavy (non-hydrogen) atoms.